The summed E-state index contributed by atoms with van der Waals surface area (Å²) in [6.45, 7) is 3.89. The highest BCUT2D eigenvalue weighted by atomic mass is 127. The molecule has 8 heteroatoms. The number of halogens is 1. The summed E-state index contributed by atoms with van der Waals surface area (Å²) >= 11 is 2.17. The number of hydrazone groups is 1. The highest BCUT2D eigenvalue weighted by Crippen LogP contribution is 2.39. The number of ether oxygens (including phenoxy) is 3. The van der Waals surface area contributed by atoms with Crippen molar-refractivity contribution in [3.8, 4) is 11.5 Å². The monoisotopic (exact) mass is 467 g/mol. The molecule has 136 valence electrons. The van der Waals surface area contributed by atoms with Crippen molar-refractivity contribution in [1.82, 2.24) is 9.99 Å². The van der Waals surface area contributed by atoms with Crippen molar-refractivity contribution >= 4 is 34.4 Å². The Kier molecular flexibility index (Phi) is 5.60. The molecule has 0 unspecified atom stereocenters. The predicted molar refractivity (Wildman–Crippen MR) is 104 cm³/mol. The fraction of sp³-hybridized carbons (Fsp3) is 0.278. The predicted octanol–water partition coefficient (Wildman–Crippen LogP) is 3.33. The van der Waals surface area contributed by atoms with Gasteiger partial charge in [0, 0.05) is 24.9 Å². The van der Waals surface area contributed by atoms with E-state index in [2.05, 4.69) is 32.7 Å². The van der Waals surface area contributed by atoms with Crippen molar-refractivity contribution in [2.24, 2.45) is 5.10 Å². The van der Waals surface area contributed by atoms with E-state index >= 15 is 0 Å². The first-order valence-corrected chi connectivity index (χ1v) is 9.08. The summed E-state index contributed by atoms with van der Waals surface area (Å²) in [5, 5.41) is 5.64. The highest BCUT2D eigenvalue weighted by molar-refractivity contribution is 14.1. The zero-order valence-electron chi connectivity index (χ0n) is 14.6. The molecule has 1 aromatic heterocycles. The first-order chi connectivity index (χ1) is 12.5. The van der Waals surface area contributed by atoms with E-state index in [0.717, 1.165) is 9.13 Å². The number of amides is 1. The lowest BCUT2D eigenvalue weighted by atomic mass is 10.1. The summed E-state index contributed by atoms with van der Waals surface area (Å²) in [4.78, 5) is 16.1. The Morgan fingerprint density at radius 1 is 1.42 bits per heavy atom. The molecule has 1 aliphatic heterocycles. The number of benzene rings is 1. The summed E-state index contributed by atoms with van der Waals surface area (Å²) in [6.07, 6.45) is 2.63. The van der Waals surface area contributed by atoms with Crippen LogP contribution in [0, 0.1) is 3.57 Å². The van der Waals surface area contributed by atoms with Gasteiger partial charge in [-0.2, -0.15) is 5.01 Å². The second kappa shape index (κ2) is 7.90. The number of hydrogen-bond donors (Lipinski definition) is 0. The highest BCUT2D eigenvalue weighted by Gasteiger charge is 2.34. The molecule has 0 saturated carbocycles. The maximum absolute atomic E-state index is 12.1. The Hall–Kier alpha value is -2.36. The van der Waals surface area contributed by atoms with Gasteiger partial charge in [0.15, 0.2) is 11.5 Å². The normalized spacial score (nSPS) is 16.1. The number of nitrogens with zero attached hydrogens (tertiary/aromatic N) is 3. The van der Waals surface area contributed by atoms with Gasteiger partial charge in [-0.15, -0.1) is 5.10 Å². The number of rotatable bonds is 5. The van der Waals surface area contributed by atoms with E-state index in [9.17, 15) is 4.79 Å². The molecule has 1 amide bonds. The molecule has 0 N–H and O–H groups in total. The third kappa shape index (κ3) is 3.59. The van der Waals surface area contributed by atoms with E-state index in [1.54, 1.807) is 31.6 Å². The van der Waals surface area contributed by atoms with Crippen molar-refractivity contribution in [1.29, 1.82) is 0 Å². The molecular weight excluding hydrogens is 449 g/mol. The molecule has 3 rings (SSSR count). The summed E-state index contributed by atoms with van der Waals surface area (Å²) in [7, 11) is 1.58. The molecule has 0 bridgehead atoms. The van der Waals surface area contributed by atoms with E-state index in [-0.39, 0.29) is 5.91 Å². The molecule has 1 atom stereocenters. The Labute approximate surface area is 165 Å². The van der Waals surface area contributed by atoms with Gasteiger partial charge in [-0.3, -0.25) is 9.78 Å². The third-order valence-corrected chi connectivity index (χ3v) is 4.50. The van der Waals surface area contributed by atoms with Gasteiger partial charge in [-0.05, 0) is 53.8 Å². The van der Waals surface area contributed by atoms with E-state index in [1.807, 2.05) is 19.1 Å². The van der Waals surface area contributed by atoms with Crippen LogP contribution in [0.5, 0.6) is 11.5 Å². The van der Waals surface area contributed by atoms with Gasteiger partial charge in [0.2, 0.25) is 18.0 Å². The van der Waals surface area contributed by atoms with Gasteiger partial charge in [0.1, 0.15) is 0 Å². The lowest BCUT2D eigenvalue weighted by molar-refractivity contribution is -0.135. The quantitative estimate of drug-likeness (QED) is 0.631. The fourth-order valence-electron chi connectivity index (χ4n) is 2.56. The number of aromatic nitrogens is 1. The number of carbonyl (C=O) groups excluding carboxylic acids is 1. The average Bonchev–Trinajstić information content (AvgIpc) is 3.10. The Balaban J connectivity index is 1.98. The molecule has 0 saturated heterocycles. The second-order valence-electron chi connectivity index (χ2n) is 5.45. The lowest BCUT2D eigenvalue weighted by Gasteiger charge is -2.21. The van der Waals surface area contributed by atoms with Gasteiger partial charge in [0.25, 0.3) is 0 Å². The van der Waals surface area contributed by atoms with Crippen LogP contribution in [0.15, 0.2) is 41.8 Å². The van der Waals surface area contributed by atoms with E-state index < -0.39 is 6.23 Å². The number of methoxy groups -OCH3 is 1. The Morgan fingerprint density at radius 2 is 2.23 bits per heavy atom. The summed E-state index contributed by atoms with van der Waals surface area (Å²) in [5.74, 6) is 1.37. The first kappa shape index (κ1) is 18.4. The fourth-order valence-corrected chi connectivity index (χ4v) is 3.34. The zero-order chi connectivity index (χ0) is 18.7. The van der Waals surface area contributed by atoms with Crippen molar-refractivity contribution in [3.63, 3.8) is 0 Å². The molecular formula is C18H18IN3O4. The van der Waals surface area contributed by atoms with Crippen molar-refractivity contribution in [2.45, 2.75) is 20.1 Å². The maximum atomic E-state index is 12.1. The van der Waals surface area contributed by atoms with E-state index in [1.165, 1.54) is 11.9 Å². The van der Waals surface area contributed by atoms with Crippen LogP contribution in [-0.2, 0) is 9.53 Å². The van der Waals surface area contributed by atoms with Crippen LogP contribution in [0.1, 0.15) is 31.2 Å². The second-order valence-corrected chi connectivity index (χ2v) is 6.61. The van der Waals surface area contributed by atoms with Crippen LogP contribution in [-0.4, -0.2) is 35.5 Å². The summed E-state index contributed by atoms with van der Waals surface area (Å²) in [5.41, 5.74) is 1.45. The number of pyridine rings is 1. The van der Waals surface area contributed by atoms with Crippen LogP contribution < -0.4 is 9.47 Å². The lowest BCUT2D eigenvalue weighted by Crippen LogP contribution is -2.25. The summed E-state index contributed by atoms with van der Waals surface area (Å²) < 4.78 is 17.9. The standard InChI is InChI=1S/C18H18IN3O4/c1-4-25-16-14(19)8-13(9-15(16)24-3)18-22(11(2)23)21-17(26-18)12-6-5-7-20-10-12/h5-10,18H,4H2,1-3H3/t18-/m0/s1. The molecule has 26 heavy (non-hydrogen) atoms. The molecule has 7 nitrogen and oxygen atoms in total. The minimum atomic E-state index is -0.680. The Bertz CT molecular complexity index is 842. The molecule has 1 aliphatic rings. The molecule has 0 radical (unpaired) electrons. The molecule has 0 fully saturated rings. The average molecular weight is 467 g/mol. The van der Waals surface area contributed by atoms with Gasteiger partial charge < -0.3 is 14.2 Å². The molecule has 2 aromatic rings. The first-order valence-electron chi connectivity index (χ1n) is 8.00. The van der Waals surface area contributed by atoms with Crippen LogP contribution in [0.25, 0.3) is 0 Å². The SMILES string of the molecule is CCOc1c(I)cc([C@@H]2OC(c3cccnc3)=NN2C(C)=O)cc1OC. The Morgan fingerprint density at radius 3 is 2.85 bits per heavy atom. The zero-order valence-corrected chi connectivity index (χ0v) is 16.8. The maximum Gasteiger partial charge on any atom is 0.243 e. The third-order valence-electron chi connectivity index (χ3n) is 3.70. The van der Waals surface area contributed by atoms with Crippen molar-refractivity contribution in [2.75, 3.05) is 13.7 Å². The van der Waals surface area contributed by atoms with Crippen LogP contribution in [0.4, 0.5) is 0 Å². The van der Waals surface area contributed by atoms with Crippen LogP contribution >= 0.6 is 22.6 Å². The largest absolute Gasteiger partial charge is 0.493 e. The minimum Gasteiger partial charge on any atom is -0.493 e. The van der Waals surface area contributed by atoms with Gasteiger partial charge >= 0.3 is 0 Å². The molecule has 2 heterocycles. The molecule has 0 aliphatic carbocycles. The molecule has 1 aromatic carbocycles. The van der Waals surface area contributed by atoms with Crippen molar-refractivity contribution in [3.05, 3.63) is 51.4 Å². The van der Waals surface area contributed by atoms with Crippen molar-refractivity contribution < 1.29 is 19.0 Å². The van der Waals surface area contributed by atoms with Gasteiger partial charge in [-0.25, -0.2) is 0 Å². The van der Waals surface area contributed by atoms with Crippen LogP contribution in [0.2, 0.25) is 0 Å². The summed E-state index contributed by atoms with van der Waals surface area (Å²) in [6, 6.07) is 7.32. The van der Waals surface area contributed by atoms with Gasteiger partial charge in [-0.1, -0.05) is 0 Å². The van der Waals surface area contributed by atoms with E-state index in [4.69, 9.17) is 14.2 Å². The van der Waals surface area contributed by atoms with Gasteiger partial charge in [0.05, 0.1) is 22.9 Å². The minimum absolute atomic E-state index is 0.225. The number of hydrogen-bond acceptors (Lipinski definition) is 6. The van der Waals surface area contributed by atoms with E-state index in [0.29, 0.717) is 29.6 Å². The number of carbonyl (C=O) groups is 1. The van der Waals surface area contributed by atoms with Crippen LogP contribution in [0.3, 0.4) is 0 Å². The molecule has 0 spiro atoms. The topological polar surface area (TPSA) is 73.3 Å². The smallest absolute Gasteiger partial charge is 0.243 e.